The molecule has 2 aliphatic rings. The lowest BCUT2D eigenvalue weighted by molar-refractivity contribution is -0.309. The van der Waals surface area contributed by atoms with Crippen LogP contribution in [0.25, 0.3) is 0 Å². The fourth-order valence-corrected chi connectivity index (χ4v) is 2.72. The molecule has 0 unspecified atom stereocenters. The maximum absolute atomic E-state index is 10.7. The van der Waals surface area contributed by atoms with E-state index in [1.165, 1.54) is 25.7 Å². The van der Waals surface area contributed by atoms with E-state index in [-0.39, 0.29) is 6.04 Å². The third-order valence-corrected chi connectivity index (χ3v) is 3.52. The van der Waals surface area contributed by atoms with Crippen LogP contribution in [0.4, 0.5) is 0 Å². The van der Waals surface area contributed by atoms with Crippen molar-refractivity contribution in [3.8, 4) is 0 Å². The minimum atomic E-state index is -0.927. The summed E-state index contributed by atoms with van der Waals surface area (Å²) in [4.78, 5) is 10.7. The molecule has 3 nitrogen and oxygen atoms in total. The maximum atomic E-state index is 10.7. The first-order valence-corrected chi connectivity index (χ1v) is 5.21. The molecule has 0 spiro atoms. The van der Waals surface area contributed by atoms with Gasteiger partial charge in [-0.3, -0.25) is 0 Å². The Bertz CT molecular complexity index is 205. The highest BCUT2D eigenvalue weighted by atomic mass is 16.4. The van der Waals surface area contributed by atoms with Gasteiger partial charge in [-0.05, 0) is 31.2 Å². The lowest BCUT2D eigenvalue weighted by Gasteiger charge is -2.40. The van der Waals surface area contributed by atoms with Gasteiger partial charge in [0.05, 0.1) is 5.97 Å². The molecule has 0 amide bonds. The molecule has 0 aromatic heterocycles. The van der Waals surface area contributed by atoms with Crippen molar-refractivity contribution in [3.63, 3.8) is 0 Å². The second kappa shape index (κ2) is 3.66. The first-order valence-electron chi connectivity index (χ1n) is 5.21. The smallest absolute Gasteiger partial charge is 0.0584 e. The number of carboxylic acids is 1. The van der Waals surface area contributed by atoms with E-state index >= 15 is 0 Å². The first kappa shape index (κ1) is 9.00. The van der Waals surface area contributed by atoms with Gasteiger partial charge in [-0.25, -0.2) is 0 Å². The maximum Gasteiger partial charge on any atom is 0.0584 e. The highest BCUT2D eigenvalue weighted by molar-refractivity contribution is 5.71. The second-order valence-electron chi connectivity index (χ2n) is 4.32. The lowest BCUT2D eigenvalue weighted by atomic mass is 9.74. The highest BCUT2D eigenvalue weighted by Gasteiger charge is 2.31. The predicted molar refractivity (Wildman–Crippen MR) is 46.9 cm³/mol. The van der Waals surface area contributed by atoms with Gasteiger partial charge in [0.2, 0.25) is 0 Å². The molecule has 0 bridgehead atoms. The van der Waals surface area contributed by atoms with Crippen molar-refractivity contribution in [2.45, 2.75) is 38.1 Å². The van der Waals surface area contributed by atoms with Crippen molar-refractivity contribution in [1.82, 2.24) is 5.32 Å². The molecule has 1 N–H and O–H groups in total. The quantitative estimate of drug-likeness (QED) is 0.616. The summed E-state index contributed by atoms with van der Waals surface area (Å²) in [6.45, 7) is 0.878. The molecule has 1 aliphatic carbocycles. The van der Waals surface area contributed by atoms with E-state index in [0.717, 1.165) is 18.9 Å². The number of hydrogen-bond donors (Lipinski definition) is 1. The molecule has 1 heterocycles. The number of piperidine rings is 1. The Kier molecular flexibility index (Phi) is 2.54. The summed E-state index contributed by atoms with van der Waals surface area (Å²) in [6.07, 6.45) is 5.88. The normalized spacial score (nSPS) is 39.5. The Morgan fingerprint density at radius 2 is 1.92 bits per heavy atom. The van der Waals surface area contributed by atoms with Crippen LogP contribution in [-0.4, -0.2) is 18.6 Å². The summed E-state index contributed by atoms with van der Waals surface area (Å²) in [5.74, 6) is 0.436. The van der Waals surface area contributed by atoms with Crippen LogP contribution in [0.3, 0.4) is 0 Å². The fourth-order valence-electron chi connectivity index (χ4n) is 2.72. The SMILES string of the molecule is O=C([O-])[C@@H]1C[C@H]2CCCC[C@@H]2CN1. The molecule has 3 atom stereocenters. The summed E-state index contributed by atoms with van der Waals surface area (Å²) >= 11 is 0. The molecule has 0 aromatic rings. The van der Waals surface area contributed by atoms with E-state index in [1.807, 2.05) is 0 Å². The van der Waals surface area contributed by atoms with Gasteiger partial charge in [0.1, 0.15) is 0 Å². The van der Waals surface area contributed by atoms with Crippen molar-refractivity contribution in [3.05, 3.63) is 0 Å². The van der Waals surface area contributed by atoms with Gasteiger partial charge < -0.3 is 15.2 Å². The number of fused-ring (bicyclic) bond motifs is 1. The van der Waals surface area contributed by atoms with Crippen LogP contribution in [0.15, 0.2) is 0 Å². The van der Waals surface area contributed by atoms with Crippen LogP contribution in [0.2, 0.25) is 0 Å². The van der Waals surface area contributed by atoms with E-state index in [2.05, 4.69) is 5.32 Å². The van der Waals surface area contributed by atoms with Crippen LogP contribution in [0.1, 0.15) is 32.1 Å². The van der Waals surface area contributed by atoms with Crippen LogP contribution in [0, 0.1) is 11.8 Å². The summed E-state index contributed by atoms with van der Waals surface area (Å²) < 4.78 is 0. The highest BCUT2D eigenvalue weighted by Crippen LogP contribution is 2.35. The zero-order valence-electron chi connectivity index (χ0n) is 7.79. The number of rotatable bonds is 1. The summed E-state index contributed by atoms with van der Waals surface area (Å²) in [7, 11) is 0. The van der Waals surface area contributed by atoms with Gasteiger partial charge in [-0.2, -0.15) is 0 Å². The number of carbonyl (C=O) groups is 1. The van der Waals surface area contributed by atoms with Gasteiger partial charge in [0.25, 0.3) is 0 Å². The van der Waals surface area contributed by atoms with Crippen molar-refractivity contribution in [2.24, 2.45) is 11.8 Å². The molecular weight excluding hydrogens is 166 g/mol. The van der Waals surface area contributed by atoms with Gasteiger partial charge in [-0.15, -0.1) is 0 Å². The predicted octanol–water partition coefficient (Wildman–Crippen LogP) is -0.0954. The molecule has 1 saturated heterocycles. The fraction of sp³-hybridized carbons (Fsp3) is 0.900. The summed E-state index contributed by atoms with van der Waals surface area (Å²) in [6, 6.07) is -0.389. The van der Waals surface area contributed by atoms with Gasteiger partial charge in [0.15, 0.2) is 0 Å². The summed E-state index contributed by atoms with van der Waals surface area (Å²) in [5, 5.41) is 13.7. The monoisotopic (exact) mass is 182 g/mol. The average molecular weight is 182 g/mol. The van der Waals surface area contributed by atoms with Crippen molar-refractivity contribution >= 4 is 5.97 Å². The Labute approximate surface area is 78.5 Å². The van der Waals surface area contributed by atoms with E-state index in [9.17, 15) is 9.90 Å². The van der Waals surface area contributed by atoms with Crippen LogP contribution in [-0.2, 0) is 4.79 Å². The van der Waals surface area contributed by atoms with E-state index in [0.29, 0.717) is 5.92 Å². The summed E-state index contributed by atoms with van der Waals surface area (Å²) in [5.41, 5.74) is 0. The Morgan fingerprint density at radius 1 is 1.23 bits per heavy atom. The van der Waals surface area contributed by atoms with Crippen molar-refractivity contribution in [2.75, 3.05) is 6.54 Å². The molecule has 74 valence electrons. The molecule has 3 heteroatoms. The molecule has 1 saturated carbocycles. The first-order chi connectivity index (χ1) is 6.27. The van der Waals surface area contributed by atoms with Crippen LogP contribution < -0.4 is 10.4 Å². The Hall–Kier alpha value is -0.570. The number of carbonyl (C=O) groups excluding carboxylic acids is 1. The van der Waals surface area contributed by atoms with Gasteiger partial charge in [0, 0.05) is 6.04 Å². The lowest BCUT2D eigenvalue weighted by Crippen LogP contribution is -2.53. The van der Waals surface area contributed by atoms with E-state index in [4.69, 9.17) is 0 Å². The number of aliphatic carboxylic acids is 1. The molecule has 2 rings (SSSR count). The minimum absolute atomic E-state index is 0.389. The van der Waals surface area contributed by atoms with Gasteiger partial charge in [-0.1, -0.05) is 19.3 Å². The molecule has 0 aromatic carbocycles. The number of hydrogen-bond acceptors (Lipinski definition) is 3. The largest absolute Gasteiger partial charge is 0.548 e. The molecule has 2 fully saturated rings. The molecule has 1 aliphatic heterocycles. The van der Waals surface area contributed by atoms with Crippen molar-refractivity contribution < 1.29 is 9.90 Å². The van der Waals surface area contributed by atoms with Gasteiger partial charge >= 0.3 is 0 Å². The topological polar surface area (TPSA) is 52.2 Å². The third-order valence-electron chi connectivity index (χ3n) is 3.52. The third kappa shape index (κ3) is 1.85. The molecular formula is C10H16NO2-. The Morgan fingerprint density at radius 3 is 2.62 bits per heavy atom. The average Bonchev–Trinajstić information content (AvgIpc) is 2.17. The standard InChI is InChI=1S/C10H17NO2/c12-10(13)9-5-7-3-1-2-4-8(7)6-11-9/h7-9,11H,1-6H2,(H,12,13)/p-1/t7-,8-,9+/m1/s1. The van der Waals surface area contributed by atoms with Crippen LogP contribution in [0.5, 0.6) is 0 Å². The number of nitrogens with one attached hydrogen (secondary N) is 1. The van der Waals surface area contributed by atoms with E-state index in [1.54, 1.807) is 0 Å². The molecule has 13 heavy (non-hydrogen) atoms. The second-order valence-corrected chi connectivity index (χ2v) is 4.32. The minimum Gasteiger partial charge on any atom is -0.548 e. The number of carboxylic acid groups (broad SMARTS) is 1. The van der Waals surface area contributed by atoms with E-state index < -0.39 is 5.97 Å². The van der Waals surface area contributed by atoms with Crippen molar-refractivity contribution in [1.29, 1.82) is 0 Å². The zero-order chi connectivity index (χ0) is 9.26. The Balaban J connectivity index is 1.95. The van der Waals surface area contributed by atoms with Crippen LogP contribution >= 0.6 is 0 Å². The molecule has 0 radical (unpaired) electrons. The zero-order valence-corrected chi connectivity index (χ0v) is 7.79.